The van der Waals surface area contributed by atoms with Crippen molar-refractivity contribution in [3.8, 4) is 0 Å². The topological polar surface area (TPSA) is 38.3 Å². The van der Waals surface area contributed by atoms with Gasteiger partial charge in [-0.15, -0.1) is 0 Å². The van der Waals surface area contributed by atoms with Crippen molar-refractivity contribution >= 4 is 5.97 Å². The summed E-state index contributed by atoms with van der Waals surface area (Å²) in [5.74, 6) is -0.336. The van der Waals surface area contributed by atoms with Crippen LogP contribution in [0.15, 0.2) is 72.4 Å². The zero-order valence-electron chi connectivity index (χ0n) is 12.1. The number of hydrogen-bond acceptors (Lipinski definition) is 3. The fraction of sp³-hybridized carbons (Fsp3) is 0.167. The Morgan fingerprint density at radius 2 is 1.57 bits per heavy atom. The van der Waals surface area contributed by atoms with Crippen LogP contribution in [0, 0.1) is 0 Å². The van der Waals surface area contributed by atoms with Crippen LogP contribution in [0.2, 0.25) is 0 Å². The molecule has 0 amide bonds. The number of hydrogen-bond donors (Lipinski definition) is 1. The standard InChI is InChI=1S/C18H19NO2/c1-15(19-13-16-8-4-2-5-9-16)12-18(20)21-14-17-10-6-3-7-11-17/h2-12,19H,13-14H2,1H3/b15-12-. The van der Waals surface area contributed by atoms with E-state index in [9.17, 15) is 4.79 Å². The molecular weight excluding hydrogens is 262 g/mol. The highest BCUT2D eigenvalue weighted by Gasteiger charge is 2.00. The molecule has 0 saturated heterocycles. The van der Waals surface area contributed by atoms with Crippen molar-refractivity contribution in [1.82, 2.24) is 5.32 Å². The summed E-state index contributed by atoms with van der Waals surface area (Å²) in [6, 6.07) is 19.7. The normalized spacial score (nSPS) is 11.0. The van der Waals surface area contributed by atoms with Gasteiger partial charge in [0.25, 0.3) is 0 Å². The van der Waals surface area contributed by atoms with Crippen molar-refractivity contribution in [2.75, 3.05) is 0 Å². The summed E-state index contributed by atoms with van der Waals surface area (Å²) in [7, 11) is 0. The zero-order valence-corrected chi connectivity index (χ0v) is 12.1. The van der Waals surface area contributed by atoms with Gasteiger partial charge in [-0.2, -0.15) is 0 Å². The molecule has 108 valence electrons. The Morgan fingerprint density at radius 3 is 2.19 bits per heavy atom. The van der Waals surface area contributed by atoms with Gasteiger partial charge in [-0.3, -0.25) is 0 Å². The van der Waals surface area contributed by atoms with Gasteiger partial charge >= 0.3 is 5.97 Å². The highest BCUT2D eigenvalue weighted by Crippen LogP contribution is 2.02. The number of rotatable bonds is 6. The van der Waals surface area contributed by atoms with Crippen molar-refractivity contribution in [1.29, 1.82) is 0 Å². The molecule has 1 N–H and O–H groups in total. The number of esters is 1. The molecule has 3 heteroatoms. The van der Waals surface area contributed by atoms with Crippen LogP contribution in [0.3, 0.4) is 0 Å². The average molecular weight is 281 g/mol. The Balaban J connectivity index is 1.77. The van der Waals surface area contributed by atoms with Gasteiger partial charge in [0.15, 0.2) is 0 Å². The van der Waals surface area contributed by atoms with E-state index in [1.54, 1.807) is 0 Å². The minimum atomic E-state index is -0.336. The molecule has 3 nitrogen and oxygen atoms in total. The van der Waals surface area contributed by atoms with Crippen molar-refractivity contribution in [2.45, 2.75) is 20.1 Å². The number of nitrogens with one attached hydrogen (secondary N) is 1. The van der Waals surface area contributed by atoms with E-state index in [0.29, 0.717) is 13.2 Å². The predicted molar refractivity (Wildman–Crippen MR) is 83.3 cm³/mol. The quantitative estimate of drug-likeness (QED) is 0.651. The monoisotopic (exact) mass is 281 g/mol. The Hall–Kier alpha value is -2.55. The van der Waals surface area contributed by atoms with Gasteiger partial charge in [-0.25, -0.2) is 4.79 Å². The number of carbonyl (C=O) groups is 1. The summed E-state index contributed by atoms with van der Waals surface area (Å²) < 4.78 is 5.20. The van der Waals surface area contributed by atoms with Crippen LogP contribution in [0.25, 0.3) is 0 Å². The molecule has 2 aromatic carbocycles. The Bertz CT molecular complexity index is 591. The van der Waals surface area contributed by atoms with E-state index >= 15 is 0 Å². The maximum atomic E-state index is 11.7. The highest BCUT2D eigenvalue weighted by molar-refractivity contribution is 5.82. The summed E-state index contributed by atoms with van der Waals surface area (Å²) in [6.07, 6.45) is 1.48. The van der Waals surface area contributed by atoms with Crippen LogP contribution in [-0.2, 0) is 22.7 Å². The van der Waals surface area contributed by atoms with Crippen molar-refractivity contribution in [3.63, 3.8) is 0 Å². The van der Waals surface area contributed by atoms with Gasteiger partial charge in [0.05, 0.1) is 0 Å². The fourth-order valence-electron chi connectivity index (χ4n) is 1.84. The lowest BCUT2D eigenvalue weighted by Gasteiger charge is -2.07. The summed E-state index contributed by atoms with van der Waals surface area (Å²) in [5.41, 5.74) is 2.94. The molecule has 0 aromatic heterocycles. The summed E-state index contributed by atoms with van der Waals surface area (Å²) in [6.45, 7) is 2.84. The van der Waals surface area contributed by atoms with E-state index in [4.69, 9.17) is 4.74 Å². The lowest BCUT2D eigenvalue weighted by atomic mass is 10.2. The fourth-order valence-corrected chi connectivity index (χ4v) is 1.84. The van der Waals surface area contributed by atoms with Crippen LogP contribution in [0.5, 0.6) is 0 Å². The third kappa shape index (κ3) is 5.53. The highest BCUT2D eigenvalue weighted by atomic mass is 16.5. The van der Waals surface area contributed by atoms with Crippen LogP contribution < -0.4 is 5.32 Å². The molecule has 0 atom stereocenters. The van der Waals surface area contributed by atoms with Gasteiger partial charge < -0.3 is 10.1 Å². The van der Waals surface area contributed by atoms with E-state index in [0.717, 1.165) is 11.3 Å². The minimum absolute atomic E-state index is 0.294. The van der Waals surface area contributed by atoms with Gasteiger partial charge in [0, 0.05) is 18.3 Å². The molecule has 2 aromatic rings. The number of allylic oxidation sites excluding steroid dienone is 1. The SMILES string of the molecule is C/C(=C/C(=O)OCc1ccccc1)NCc1ccccc1. The summed E-state index contributed by atoms with van der Waals surface area (Å²) in [4.78, 5) is 11.7. The molecule has 0 saturated carbocycles. The first-order chi connectivity index (χ1) is 10.2. The summed E-state index contributed by atoms with van der Waals surface area (Å²) in [5, 5.41) is 3.19. The predicted octanol–water partition coefficient (Wildman–Crippen LogP) is 3.42. The Labute approximate surface area is 125 Å². The first-order valence-corrected chi connectivity index (χ1v) is 6.91. The largest absolute Gasteiger partial charge is 0.458 e. The lowest BCUT2D eigenvalue weighted by molar-refractivity contribution is -0.139. The van der Waals surface area contributed by atoms with E-state index in [1.165, 1.54) is 11.6 Å². The molecule has 0 aliphatic rings. The summed E-state index contributed by atoms with van der Waals surface area (Å²) >= 11 is 0. The molecule has 0 spiro atoms. The minimum Gasteiger partial charge on any atom is -0.458 e. The molecule has 0 radical (unpaired) electrons. The maximum absolute atomic E-state index is 11.7. The number of benzene rings is 2. The van der Waals surface area contributed by atoms with E-state index < -0.39 is 0 Å². The molecule has 0 fully saturated rings. The van der Waals surface area contributed by atoms with Crippen LogP contribution >= 0.6 is 0 Å². The second-order valence-corrected chi connectivity index (χ2v) is 4.76. The van der Waals surface area contributed by atoms with E-state index in [-0.39, 0.29) is 5.97 Å². The van der Waals surface area contributed by atoms with Gasteiger partial charge in [-0.1, -0.05) is 60.7 Å². The molecule has 0 unspecified atom stereocenters. The molecular formula is C18H19NO2. The molecule has 0 aliphatic carbocycles. The van der Waals surface area contributed by atoms with Gasteiger partial charge in [0.1, 0.15) is 6.61 Å². The molecule has 0 heterocycles. The molecule has 0 bridgehead atoms. The van der Waals surface area contributed by atoms with Crippen molar-refractivity contribution in [2.24, 2.45) is 0 Å². The van der Waals surface area contributed by atoms with Crippen molar-refractivity contribution < 1.29 is 9.53 Å². The van der Waals surface area contributed by atoms with E-state index in [1.807, 2.05) is 67.6 Å². The Morgan fingerprint density at radius 1 is 1.00 bits per heavy atom. The first-order valence-electron chi connectivity index (χ1n) is 6.91. The van der Waals surface area contributed by atoms with Crippen LogP contribution in [-0.4, -0.2) is 5.97 Å². The third-order valence-corrected chi connectivity index (χ3v) is 2.97. The number of carbonyl (C=O) groups excluding carboxylic acids is 1. The zero-order chi connectivity index (χ0) is 14.9. The smallest absolute Gasteiger partial charge is 0.332 e. The molecule has 2 rings (SSSR count). The third-order valence-electron chi connectivity index (χ3n) is 2.97. The first kappa shape index (κ1) is 14.9. The second kappa shape index (κ2) is 7.90. The molecule has 0 aliphatic heterocycles. The van der Waals surface area contributed by atoms with Crippen LogP contribution in [0.1, 0.15) is 18.1 Å². The van der Waals surface area contributed by atoms with Gasteiger partial charge in [0.2, 0.25) is 0 Å². The lowest BCUT2D eigenvalue weighted by Crippen LogP contribution is -2.12. The number of ether oxygens (including phenoxy) is 1. The second-order valence-electron chi connectivity index (χ2n) is 4.76. The average Bonchev–Trinajstić information content (AvgIpc) is 2.53. The van der Waals surface area contributed by atoms with E-state index in [2.05, 4.69) is 5.32 Å². The van der Waals surface area contributed by atoms with Crippen LogP contribution in [0.4, 0.5) is 0 Å². The Kier molecular flexibility index (Phi) is 5.59. The van der Waals surface area contributed by atoms with Gasteiger partial charge in [-0.05, 0) is 18.1 Å². The van der Waals surface area contributed by atoms with Crippen molar-refractivity contribution in [3.05, 3.63) is 83.6 Å². The molecule has 21 heavy (non-hydrogen) atoms. The maximum Gasteiger partial charge on any atom is 0.332 e.